The Hall–Kier alpha value is -3.92. The van der Waals surface area contributed by atoms with Crippen molar-refractivity contribution in [1.82, 2.24) is 0 Å². The number of rotatable bonds is 4. The van der Waals surface area contributed by atoms with Crippen LogP contribution < -0.4 is 19.3 Å². The van der Waals surface area contributed by atoms with E-state index in [0.717, 1.165) is 24.6 Å². The van der Waals surface area contributed by atoms with Crippen LogP contribution in [0.2, 0.25) is 0 Å². The predicted octanol–water partition coefficient (Wildman–Crippen LogP) is 7.17. The first-order valence-electron chi connectivity index (χ1n) is 12.7. The Bertz CT molecular complexity index is 1270. The summed E-state index contributed by atoms with van der Waals surface area (Å²) in [5, 5.41) is 0. The largest absolute Gasteiger partial charge is 0.473 e. The third-order valence-electron chi connectivity index (χ3n) is 7.44. The lowest BCUT2D eigenvalue weighted by molar-refractivity contribution is 0.289. The average Bonchev–Trinajstić information content (AvgIpc) is 2.92. The van der Waals surface area contributed by atoms with Crippen molar-refractivity contribution in [3.05, 3.63) is 118 Å². The maximum absolute atomic E-state index is 6.10. The number of aryl methyl sites for hydroxylation is 2. The summed E-state index contributed by atoms with van der Waals surface area (Å²) in [7, 11) is 0. The van der Waals surface area contributed by atoms with Gasteiger partial charge in [-0.1, -0.05) is 54.4 Å². The summed E-state index contributed by atoms with van der Waals surface area (Å²) in [5.41, 5.74) is 9.99. The first-order valence-corrected chi connectivity index (χ1v) is 12.7. The first-order chi connectivity index (χ1) is 17.5. The highest BCUT2D eigenvalue weighted by Crippen LogP contribution is 2.36. The highest BCUT2D eigenvalue weighted by Gasteiger charge is 2.22. The van der Waals surface area contributed by atoms with Gasteiger partial charge in [0.1, 0.15) is 11.5 Å². The molecule has 0 bridgehead atoms. The molecule has 0 saturated carbocycles. The van der Waals surface area contributed by atoms with Crippen LogP contribution in [0.5, 0.6) is 11.5 Å². The van der Waals surface area contributed by atoms with Crippen molar-refractivity contribution in [2.45, 2.75) is 39.8 Å². The Morgan fingerprint density at radius 1 is 0.583 bits per heavy atom. The summed E-state index contributed by atoms with van der Waals surface area (Å²) in [6.45, 7) is 9.37. The zero-order valence-electron chi connectivity index (χ0n) is 21.2. The van der Waals surface area contributed by atoms with E-state index in [1.54, 1.807) is 0 Å². The molecule has 2 heterocycles. The molecule has 4 heteroatoms. The van der Waals surface area contributed by atoms with Gasteiger partial charge in [0, 0.05) is 41.5 Å². The van der Waals surface area contributed by atoms with E-state index in [0.29, 0.717) is 13.5 Å². The van der Waals surface area contributed by atoms with Gasteiger partial charge < -0.3 is 19.3 Å². The SMILES string of the molecule is Cc1ccc(N2COc3ccc(C(C)c4ccc5c(c4)CN(c4ccc(C)cc4)CO5)cc3C2)cc1. The quantitative estimate of drug-likeness (QED) is 0.312. The fourth-order valence-corrected chi connectivity index (χ4v) is 5.10. The van der Waals surface area contributed by atoms with Crippen LogP contribution in [-0.4, -0.2) is 13.5 Å². The van der Waals surface area contributed by atoms with Crippen LogP contribution in [0.3, 0.4) is 0 Å². The Morgan fingerprint density at radius 2 is 1.00 bits per heavy atom. The highest BCUT2D eigenvalue weighted by molar-refractivity contribution is 5.54. The zero-order valence-corrected chi connectivity index (χ0v) is 21.2. The Kier molecular flexibility index (Phi) is 5.80. The second-order valence-electron chi connectivity index (χ2n) is 10.1. The number of anilines is 2. The minimum Gasteiger partial charge on any atom is -0.473 e. The molecule has 0 atom stereocenters. The van der Waals surface area contributed by atoms with Crippen molar-refractivity contribution < 1.29 is 9.47 Å². The van der Waals surface area contributed by atoms with Gasteiger partial charge >= 0.3 is 0 Å². The fourth-order valence-electron chi connectivity index (χ4n) is 5.10. The molecular formula is C32H32N2O2. The van der Waals surface area contributed by atoms with Gasteiger partial charge in [-0.25, -0.2) is 0 Å². The van der Waals surface area contributed by atoms with Crippen molar-refractivity contribution in [3.63, 3.8) is 0 Å². The molecule has 0 saturated heterocycles. The standard InChI is InChI=1S/C32H32N2O2/c1-22-4-10-29(11-5-22)33-18-27-16-25(8-14-31(27)35-20-33)24(3)26-9-15-32-28(17-26)19-34(21-36-32)30-12-6-23(2)7-13-30/h4-17,24H,18-21H2,1-3H3. The molecular weight excluding hydrogens is 444 g/mol. The highest BCUT2D eigenvalue weighted by atomic mass is 16.5. The Labute approximate surface area is 213 Å². The van der Waals surface area contributed by atoms with Crippen LogP contribution in [0.15, 0.2) is 84.9 Å². The second-order valence-corrected chi connectivity index (χ2v) is 10.1. The lowest BCUT2D eigenvalue weighted by atomic mass is 9.90. The molecule has 6 rings (SSSR count). The minimum absolute atomic E-state index is 0.269. The van der Waals surface area contributed by atoms with Crippen LogP contribution in [0.1, 0.15) is 46.2 Å². The van der Waals surface area contributed by atoms with E-state index >= 15 is 0 Å². The summed E-state index contributed by atoms with van der Waals surface area (Å²) in [5.74, 6) is 2.24. The van der Waals surface area contributed by atoms with E-state index in [4.69, 9.17) is 9.47 Å². The van der Waals surface area contributed by atoms with E-state index in [1.165, 1.54) is 44.8 Å². The van der Waals surface area contributed by atoms with E-state index < -0.39 is 0 Å². The average molecular weight is 477 g/mol. The van der Waals surface area contributed by atoms with Gasteiger partial charge in [0.05, 0.1) is 0 Å². The molecule has 0 N–H and O–H groups in total. The third kappa shape index (κ3) is 4.39. The van der Waals surface area contributed by atoms with Crippen molar-refractivity contribution in [2.24, 2.45) is 0 Å². The molecule has 0 radical (unpaired) electrons. The number of hydrogen-bond donors (Lipinski definition) is 0. The maximum atomic E-state index is 6.10. The normalized spacial score (nSPS) is 14.7. The smallest absolute Gasteiger partial charge is 0.161 e. The topological polar surface area (TPSA) is 24.9 Å². The van der Waals surface area contributed by atoms with E-state index in [9.17, 15) is 0 Å². The van der Waals surface area contributed by atoms with Crippen molar-refractivity contribution in [3.8, 4) is 11.5 Å². The molecule has 4 aromatic carbocycles. The first kappa shape index (κ1) is 22.5. The van der Waals surface area contributed by atoms with Gasteiger partial charge in [-0.2, -0.15) is 0 Å². The van der Waals surface area contributed by atoms with Gasteiger partial charge in [0.25, 0.3) is 0 Å². The predicted molar refractivity (Wildman–Crippen MR) is 146 cm³/mol. The van der Waals surface area contributed by atoms with Gasteiger partial charge in [-0.15, -0.1) is 0 Å². The summed E-state index contributed by atoms with van der Waals surface area (Å²) in [4.78, 5) is 4.57. The number of ether oxygens (including phenoxy) is 2. The van der Waals surface area contributed by atoms with Gasteiger partial charge in [0.2, 0.25) is 0 Å². The number of nitrogens with zero attached hydrogens (tertiary/aromatic N) is 2. The Morgan fingerprint density at radius 3 is 1.42 bits per heavy atom. The molecule has 4 aromatic rings. The molecule has 182 valence electrons. The number of benzene rings is 4. The van der Waals surface area contributed by atoms with Crippen LogP contribution in [0.25, 0.3) is 0 Å². The molecule has 36 heavy (non-hydrogen) atoms. The van der Waals surface area contributed by atoms with Gasteiger partial charge in [-0.05, 0) is 73.5 Å². The van der Waals surface area contributed by atoms with Crippen molar-refractivity contribution >= 4 is 11.4 Å². The molecule has 2 aliphatic heterocycles. The molecule has 4 nitrogen and oxygen atoms in total. The van der Waals surface area contributed by atoms with Crippen LogP contribution in [0, 0.1) is 13.8 Å². The summed E-state index contributed by atoms with van der Waals surface area (Å²) in [6, 6.07) is 30.6. The van der Waals surface area contributed by atoms with Gasteiger partial charge in [0.15, 0.2) is 13.5 Å². The number of hydrogen-bond acceptors (Lipinski definition) is 4. The molecule has 2 aliphatic rings. The third-order valence-corrected chi connectivity index (χ3v) is 7.44. The molecule has 0 aliphatic carbocycles. The van der Waals surface area contributed by atoms with Gasteiger partial charge in [-0.3, -0.25) is 0 Å². The van der Waals surface area contributed by atoms with Crippen LogP contribution in [0.4, 0.5) is 11.4 Å². The lowest BCUT2D eigenvalue weighted by Gasteiger charge is -2.32. The summed E-state index contributed by atoms with van der Waals surface area (Å²) in [6.07, 6.45) is 0. The molecule has 0 amide bonds. The number of fused-ring (bicyclic) bond motifs is 2. The zero-order chi connectivity index (χ0) is 24.6. The van der Waals surface area contributed by atoms with Crippen molar-refractivity contribution in [2.75, 3.05) is 23.3 Å². The minimum atomic E-state index is 0.269. The van der Waals surface area contributed by atoms with E-state index in [-0.39, 0.29) is 5.92 Å². The second kappa shape index (κ2) is 9.27. The molecule has 0 unspecified atom stereocenters. The monoisotopic (exact) mass is 476 g/mol. The molecule has 0 fully saturated rings. The Balaban J connectivity index is 1.22. The lowest BCUT2D eigenvalue weighted by Crippen LogP contribution is -2.32. The van der Waals surface area contributed by atoms with Crippen molar-refractivity contribution in [1.29, 1.82) is 0 Å². The molecule has 0 spiro atoms. The van der Waals surface area contributed by atoms with Crippen LogP contribution >= 0.6 is 0 Å². The summed E-state index contributed by atoms with van der Waals surface area (Å²) >= 11 is 0. The van der Waals surface area contributed by atoms with Crippen LogP contribution in [-0.2, 0) is 13.1 Å². The maximum Gasteiger partial charge on any atom is 0.161 e. The summed E-state index contributed by atoms with van der Waals surface area (Å²) < 4.78 is 12.2. The fraction of sp³-hybridized carbons (Fsp3) is 0.250. The van der Waals surface area contributed by atoms with E-state index in [1.807, 2.05) is 0 Å². The molecule has 0 aromatic heterocycles. The van der Waals surface area contributed by atoms with E-state index in [2.05, 4.69) is 116 Å².